The van der Waals surface area contributed by atoms with Gasteiger partial charge in [0.15, 0.2) is 0 Å². The van der Waals surface area contributed by atoms with Gasteiger partial charge in [0.1, 0.15) is 11.8 Å². The van der Waals surface area contributed by atoms with Gasteiger partial charge in [-0.05, 0) is 31.2 Å². The summed E-state index contributed by atoms with van der Waals surface area (Å²) in [5.74, 6) is 0.163. The van der Waals surface area contributed by atoms with Gasteiger partial charge < -0.3 is 9.47 Å². The number of benzene rings is 1. The molecule has 1 atom stereocenters. The van der Waals surface area contributed by atoms with E-state index in [0.29, 0.717) is 11.4 Å². The normalized spacial score (nSPS) is 19.9. The Morgan fingerprint density at radius 2 is 1.88 bits per heavy atom. The molecule has 0 aliphatic carbocycles. The summed E-state index contributed by atoms with van der Waals surface area (Å²) in [6.07, 6.45) is -0.636. The maximum absolute atomic E-state index is 11.4. The van der Waals surface area contributed by atoms with E-state index in [4.69, 9.17) is 4.74 Å². The Morgan fingerprint density at radius 3 is 2.31 bits per heavy atom. The minimum atomic E-state index is -0.636. The van der Waals surface area contributed by atoms with Crippen LogP contribution in [0.5, 0.6) is 5.75 Å². The van der Waals surface area contributed by atoms with E-state index >= 15 is 0 Å². The molecular formula is C11H11NO4. The number of cyclic esters (lactones) is 2. The largest absolute Gasteiger partial charge is 0.497 e. The van der Waals surface area contributed by atoms with E-state index in [1.807, 2.05) is 0 Å². The van der Waals surface area contributed by atoms with Crippen molar-refractivity contribution in [2.45, 2.75) is 13.0 Å². The van der Waals surface area contributed by atoms with Gasteiger partial charge in [-0.25, -0.2) is 9.59 Å². The average molecular weight is 221 g/mol. The van der Waals surface area contributed by atoms with Gasteiger partial charge in [0, 0.05) is 5.69 Å². The lowest BCUT2D eigenvalue weighted by Gasteiger charge is -2.16. The van der Waals surface area contributed by atoms with Crippen LogP contribution in [0.4, 0.5) is 10.5 Å². The number of ether oxygens (including phenoxy) is 2. The number of rotatable bonds is 2. The van der Waals surface area contributed by atoms with Gasteiger partial charge in [-0.3, -0.25) is 4.90 Å². The highest BCUT2D eigenvalue weighted by Gasteiger charge is 2.38. The highest BCUT2D eigenvalue weighted by Crippen LogP contribution is 2.25. The Hall–Kier alpha value is -2.04. The van der Waals surface area contributed by atoms with E-state index < -0.39 is 18.1 Å². The first-order valence-corrected chi connectivity index (χ1v) is 4.82. The summed E-state index contributed by atoms with van der Waals surface area (Å²) in [7, 11) is 1.56. The number of carbonyl (C=O) groups excluding carboxylic acids is 2. The number of amides is 1. The van der Waals surface area contributed by atoms with Crippen molar-refractivity contribution in [1.29, 1.82) is 0 Å². The fourth-order valence-corrected chi connectivity index (χ4v) is 1.56. The Balaban J connectivity index is 2.29. The van der Waals surface area contributed by atoms with Crippen LogP contribution in [0, 0.1) is 0 Å². The Labute approximate surface area is 92.6 Å². The fraction of sp³-hybridized carbons (Fsp3) is 0.273. The van der Waals surface area contributed by atoms with Crippen LogP contribution >= 0.6 is 0 Å². The second-order valence-electron chi connectivity index (χ2n) is 3.43. The maximum atomic E-state index is 11.4. The van der Waals surface area contributed by atoms with Crippen molar-refractivity contribution in [3.05, 3.63) is 24.3 Å². The van der Waals surface area contributed by atoms with Crippen molar-refractivity contribution in [1.82, 2.24) is 0 Å². The molecule has 0 radical (unpaired) electrons. The molecule has 16 heavy (non-hydrogen) atoms. The van der Waals surface area contributed by atoms with Gasteiger partial charge in [-0.15, -0.1) is 0 Å². The summed E-state index contributed by atoms with van der Waals surface area (Å²) in [6.45, 7) is 1.62. The minimum Gasteiger partial charge on any atom is -0.497 e. The van der Waals surface area contributed by atoms with Crippen LogP contribution in [0.15, 0.2) is 24.3 Å². The van der Waals surface area contributed by atoms with Crippen molar-refractivity contribution in [2.24, 2.45) is 0 Å². The van der Waals surface area contributed by atoms with E-state index in [0.717, 1.165) is 0 Å². The number of nitrogens with zero attached hydrogens (tertiary/aromatic N) is 1. The van der Waals surface area contributed by atoms with Crippen molar-refractivity contribution in [3.63, 3.8) is 0 Å². The molecule has 2 rings (SSSR count). The molecule has 5 heteroatoms. The zero-order valence-electron chi connectivity index (χ0n) is 8.97. The summed E-state index contributed by atoms with van der Waals surface area (Å²) in [4.78, 5) is 23.9. The fourth-order valence-electron chi connectivity index (χ4n) is 1.56. The van der Waals surface area contributed by atoms with Crippen LogP contribution in [-0.4, -0.2) is 25.2 Å². The van der Waals surface area contributed by atoms with Crippen molar-refractivity contribution < 1.29 is 19.1 Å². The number of hydrogen-bond acceptors (Lipinski definition) is 4. The third-order valence-corrected chi connectivity index (χ3v) is 2.46. The van der Waals surface area contributed by atoms with Crippen LogP contribution in [0.25, 0.3) is 0 Å². The van der Waals surface area contributed by atoms with Crippen molar-refractivity contribution in [2.75, 3.05) is 12.0 Å². The molecular weight excluding hydrogens is 210 g/mol. The molecule has 0 saturated carbocycles. The maximum Gasteiger partial charge on any atom is 0.422 e. The predicted molar refractivity (Wildman–Crippen MR) is 56.4 cm³/mol. The zero-order valence-corrected chi connectivity index (χ0v) is 8.97. The second kappa shape index (κ2) is 3.84. The third kappa shape index (κ3) is 1.60. The first kappa shape index (κ1) is 10.5. The SMILES string of the molecule is COc1ccc(N2C(=O)OC(=O)C2C)cc1. The molecule has 0 N–H and O–H groups in total. The average Bonchev–Trinajstić information content (AvgIpc) is 2.54. The highest BCUT2D eigenvalue weighted by atomic mass is 16.6. The molecule has 1 amide bonds. The quantitative estimate of drug-likeness (QED) is 0.561. The molecule has 0 bridgehead atoms. The van der Waals surface area contributed by atoms with Gasteiger partial charge in [-0.2, -0.15) is 0 Å². The van der Waals surface area contributed by atoms with E-state index in [-0.39, 0.29) is 0 Å². The number of esters is 1. The van der Waals surface area contributed by atoms with Crippen molar-refractivity contribution in [3.8, 4) is 5.75 Å². The van der Waals surface area contributed by atoms with Crippen molar-refractivity contribution >= 4 is 17.7 Å². The molecule has 1 heterocycles. The topological polar surface area (TPSA) is 55.8 Å². The molecule has 1 aromatic carbocycles. The Kier molecular flexibility index (Phi) is 2.52. The lowest BCUT2D eigenvalue weighted by molar-refractivity contribution is -0.134. The molecule has 1 fully saturated rings. The molecule has 1 aromatic rings. The lowest BCUT2D eigenvalue weighted by atomic mass is 10.2. The first-order chi connectivity index (χ1) is 7.63. The van der Waals surface area contributed by atoms with Crippen LogP contribution in [0.1, 0.15) is 6.92 Å². The standard InChI is InChI=1S/C11H11NO4/c1-7-10(13)16-11(14)12(7)8-3-5-9(15-2)6-4-8/h3-7H,1-2H3. The van der Waals surface area contributed by atoms with Crippen LogP contribution in [-0.2, 0) is 9.53 Å². The number of carbonyl (C=O) groups is 2. The summed E-state index contributed by atoms with van der Waals surface area (Å²) >= 11 is 0. The molecule has 0 spiro atoms. The minimum absolute atomic E-state index is 0.527. The van der Waals surface area contributed by atoms with Gasteiger partial charge >= 0.3 is 12.1 Å². The van der Waals surface area contributed by atoms with Gasteiger partial charge in [0.25, 0.3) is 0 Å². The van der Waals surface area contributed by atoms with Crippen LogP contribution < -0.4 is 9.64 Å². The molecule has 1 unspecified atom stereocenters. The first-order valence-electron chi connectivity index (χ1n) is 4.82. The van der Waals surface area contributed by atoms with Gasteiger partial charge in [0.05, 0.1) is 7.11 Å². The van der Waals surface area contributed by atoms with E-state index in [1.54, 1.807) is 38.3 Å². The van der Waals surface area contributed by atoms with Crippen LogP contribution in [0.3, 0.4) is 0 Å². The van der Waals surface area contributed by atoms with E-state index in [1.165, 1.54) is 4.90 Å². The molecule has 1 aliphatic heterocycles. The Morgan fingerprint density at radius 1 is 1.25 bits per heavy atom. The Bertz CT molecular complexity index is 426. The second-order valence-corrected chi connectivity index (χ2v) is 3.43. The smallest absolute Gasteiger partial charge is 0.422 e. The molecule has 1 aliphatic rings. The number of anilines is 1. The highest BCUT2D eigenvalue weighted by molar-refractivity contribution is 6.06. The van der Waals surface area contributed by atoms with Crippen LogP contribution in [0.2, 0.25) is 0 Å². The molecule has 0 aromatic heterocycles. The number of hydrogen-bond donors (Lipinski definition) is 0. The van der Waals surface area contributed by atoms with Gasteiger partial charge in [-0.1, -0.05) is 0 Å². The summed E-state index contributed by atoms with van der Waals surface area (Å²) < 4.78 is 9.52. The summed E-state index contributed by atoms with van der Waals surface area (Å²) in [5.41, 5.74) is 0.615. The lowest BCUT2D eigenvalue weighted by Crippen LogP contribution is -2.32. The monoisotopic (exact) mass is 221 g/mol. The van der Waals surface area contributed by atoms with E-state index in [9.17, 15) is 9.59 Å². The number of methoxy groups -OCH3 is 1. The predicted octanol–water partition coefficient (Wildman–Crippen LogP) is 1.57. The molecule has 84 valence electrons. The van der Waals surface area contributed by atoms with E-state index in [2.05, 4.69) is 4.74 Å². The third-order valence-electron chi connectivity index (χ3n) is 2.46. The zero-order chi connectivity index (χ0) is 11.7. The summed E-state index contributed by atoms with van der Waals surface area (Å²) in [6, 6.07) is 6.27. The van der Waals surface area contributed by atoms with Gasteiger partial charge in [0.2, 0.25) is 0 Å². The molecule has 5 nitrogen and oxygen atoms in total. The summed E-state index contributed by atoms with van der Waals surface area (Å²) in [5, 5.41) is 0. The molecule has 1 saturated heterocycles.